The Morgan fingerprint density at radius 1 is 0.960 bits per heavy atom. The summed E-state index contributed by atoms with van der Waals surface area (Å²) in [5.74, 6) is 0.0565. The highest BCUT2D eigenvalue weighted by Crippen LogP contribution is 2.16. The average molecular weight is 339 g/mol. The van der Waals surface area contributed by atoms with Gasteiger partial charge in [0.15, 0.2) is 0 Å². The highest BCUT2D eigenvalue weighted by molar-refractivity contribution is 5.96. The maximum atomic E-state index is 12.2. The number of primary amides is 1. The fraction of sp³-hybridized carbons (Fsp3) is 0.300. The van der Waals surface area contributed by atoms with Crippen molar-refractivity contribution >= 4 is 11.9 Å². The van der Waals surface area contributed by atoms with Gasteiger partial charge in [-0.25, -0.2) is 4.79 Å². The van der Waals surface area contributed by atoms with Crippen LogP contribution in [0, 0.1) is 0 Å². The first-order valence-corrected chi connectivity index (χ1v) is 8.45. The molecule has 0 aliphatic rings. The Morgan fingerprint density at radius 3 is 2.16 bits per heavy atom. The molecular weight excluding hydrogens is 314 g/mol. The van der Waals surface area contributed by atoms with Gasteiger partial charge in [-0.1, -0.05) is 68.4 Å². The summed E-state index contributed by atoms with van der Waals surface area (Å²) in [5.41, 5.74) is 8.36. The number of carbonyl (C=O) groups is 2. The molecule has 5 nitrogen and oxygen atoms in total. The van der Waals surface area contributed by atoms with Crippen LogP contribution in [0.15, 0.2) is 54.6 Å². The molecule has 0 spiro atoms. The Balaban J connectivity index is 1.99. The lowest BCUT2D eigenvalue weighted by Gasteiger charge is -2.18. The molecule has 0 saturated heterocycles. The van der Waals surface area contributed by atoms with Crippen molar-refractivity contribution in [2.45, 2.75) is 32.2 Å². The van der Waals surface area contributed by atoms with Crippen LogP contribution in [0.4, 0.5) is 4.79 Å². The van der Waals surface area contributed by atoms with Crippen molar-refractivity contribution < 1.29 is 9.59 Å². The lowest BCUT2D eigenvalue weighted by atomic mass is 10.0. The number of urea groups is 1. The van der Waals surface area contributed by atoms with Gasteiger partial charge in [0.1, 0.15) is 6.04 Å². The van der Waals surface area contributed by atoms with Gasteiger partial charge in [0.25, 0.3) is 0 Å². The zero-order valence-corrected chi connectivity index (χ0v) is 14.7. The van der Waals surface area contributed by atoms with E-state index in [0.29, 0.717) is 12.5 Å². The van der Waals surface area contributed by atoms with Crippen LogP contribution < -0.4 is 16.4 Å². The second-order valence-corrected chi connectivity index (χ2v) is 6.30. The number of nitrogens with one attached hydrogen (secondary N) is 2. The Morgan fingerprint density at radius 2 is 1.60 bits per heavy atom. The molecule has 132 valence electrons. The maximum absolute atomic E-state index is 12.2. The number of hydrogen-bond donors (Lipinski definition) is 3. The van der Waals surface area contributed by atoms with E-state index in [4.69, 9.17) is 5.73 Å². The lowest BCUT2D eigenvalue weighted by Crippen LogP contribution is -2.43. The summed E-state index contributed by atoms with van der Waals surface area (Å²) < 4.78 is 0. The number of amides is 3. The number of benzene rings is 2. The number of rotatable bonds is 7. The van der Waals surface area contributed by atoms with Gasteiger partial charge in [0.2, 0.25) is 5.91 Å². The fourth-order valence-electron chi connectivity index (χ4n) is 2.63. The Kier molecular flexibility index (Phi) is 6.71. The first-order chi connectivity index (χ1) is 12.0. The summed E-state index contributed by atoms with van der Waals surface area (Å²) in [6, 6.07) is 16.3. The van der Waals surface area contributed by atoms with E-state index < -0.39 is 18.0 Å². The molecule has 0 saturated carbocycles. The number of hydrogen-bond acceptors (Lipinski definition) is 3. The zero-order chi connectivity index (χ0) is 18.2. The summed E-state index contributed by atoms with van der Waals surface area (Å²) in [6.07, 6.45) is 0.783. The van der Waals surface area contributed by atoms with Crippen LogP contribution in [0.5, 0.6) is 0 Å². The fourth-order valence-corrected chi connectivity index (χ4v) is 2.63. The van der Waals surface area contributed by atoms with E-state index in [-0.39, 0.29) is 0 Å². The lowest BCUT2D eigenvalue weighted by molar-refractivity contribution is -0.122. The van der Waals surface area contributed by atoms with Gasteiger partial charge in [-0.3, -0.25) is 10.1 Å². The molecule has 0 aliphatic heterocycles. The Bertz CT molecular complexity index is 697. The summed E-state index contributed by atoms with van der Waals surface area (Å²) in [5, 5.41) is 5.35. The van der Waals surface area contributed by atoms with E-state index in [1.165, 1.54) is 11.1 Å². The summed E-state index contributed by atoms with van der Waals surface area (Å²) in [7, 11) is 0. The van der Waals surface area contributed by atoms with Crippen molar-refractivity contribution in [1.29, 1.82) is 0 Å². The molecule has 2 aromatic rings. The molecule has 25 heavy (non-hydrogen) atoms. The molecular formula is C20H25N3O2. The van der Waals surface area contributed by atoms with Gasteiger partial charge in [0, 0.05) is 6.54 Å². The second-order valence-electron chi connectivity index (χ2n) is 6.30. The number of nitrogens with two attached hydrogens (primary N) is 1. The third-order valence-electron chi connectivity index (χ3n) is 4.05. The molecule has 1 atom stereocenters. The SMILES string of the molecule is CC(C)c1ccc(CCN[C@@H](C(=O)NC(N)=O)c2ccccc2)cc1. The summed E-state index contributed by atoms with van der Waals surface area (Å²) in [4.78, 5) is 23.2. The smallest absolute Gasteiger partial charge is 0.318 e. The van der Waals surface area contributed by atoms with Crippen molar-refractivity contribution in [2.75, 3.05) is 6.54 Å². The maximum Gasteiger partial charge on any atom is 0.318 e. The predicted molar refractivity (Wildman–Crippen MR) is 99.1 cm³/mol. The minimum absolute atomic E-state index is 0.450. The summed E-state index contributed by atoms with van der Waals surface area (Å²) in [6.45, 7) is 4.93. The molecule has 0 aromatic heterocycles. The molecule has 0 aliphatic carbocycles. The monoisotopic (exact) mass is 339 g/mol. The molecule has 5 heteroatoms. The van der Waals surface area contributed by atoms with Crippen LogP contribution in [0.2, 0.25) is 0 Å². The van der Waals surface area contributed by atoms with Crippen LogP contribution in [-0.2, 0) is 11.2 Å². The molecule has 4 N–H and O–H groups in total. The van der Waals surface area contributed by atoms with E-state index in [1.807, 2.05) is 30.3 Å². The molecule has 0 radical (unpaired) electrons. The van der Waals surface area contributed by atoms with E-state index in [2.05, 4.69) is 48.7 Å². The standard InChI is InChI=1S/C20H25N3O2/c1-14(2)16-10-8-15(9-11-16)12-13-22-18(19(24)23-20(21)25)17-6-4-3-5-7-17/h3-11,14,18,22H,12-13H2,1-2H3,(H3,21,23,24,25)/t18-/m1/s1. The van der Waals surface area contributed by atoms with Gasteiger partial charge in [-0.15, -0.1) is 0 Å². The van der Waals surface area contributed by atoms with Crippen molar-refractivity contribution in [2.24, 2.45) is 5.73 Å². The molecule has 3 amide bonds. The van der Waals surface area contributed by atoms with Crippen LogP contribution in [0.1, 0.15) is 42.5 Å². The molecule has 2 aromatic carbocycles. The van der Waals surface area contributed by atoms with Gasteiger partial charge in [-0.2, -0.15) is 0 Å². The first-order valence-electron chi connectivity index (χ1n) is 8.45. The molecule has 0 bridgehead atoms. The largest absolute Gasteiger partial charge is 0.351 e. The van der Waals surface area contributed by atoms with Crippen molar-refractivity contribution in [3.63, 3.8) is 0 Å². The first kappa shape index (κ1) is 18.7. The third kappa shape index (κ3) is 5.72. The van der Waals surface area contributed by atoms with Crippen LogP contribution in [0.3, 0.4) is 0 Å². The van der Waals surface area contributed by atoms with E-state index >= 15 is 0 Å². The van der Waals surface area contributed by atoms with E-state index in [9.17, 15) is 9.59 Å². The van der Waals surface area contributed by atoms with Crippen LogP contribution in [0.25, 0.3) is 0 Å². The minimum Gasteiger partial charge on any atom is -0.351 e. The topological polar surface area (TPSA) is 84.2 Å². The number of carbonyl (C=O) groups excluding carboxylic acids is 2. The highest BCUT2D eigenvalue weighted by atomic mass is 16.2. The van der Waals surface area contributed by atoms with Crippen molar-refractivity contribution in [3.05, 3.63) is 71.3 Å². The van der Waals surface area contributed by atoms with E-state index in [0.717, 1.165) is 12.0 Å². The molecule has 0 heterocycles. The molecule has 0 unspecified atom stereocenters. The quantitative estimate of drug-likeness (QED) is 0.725. The predicted octanol–water partition coefficient (Wildman–Crippen LogP) is 2.88. The number of imide groups is 1. The normalized spacial score (nSPS) is 12.0. The Labute approximate surface area is 148 Å². The van der Waals surface area contributed by atoms with Gasteiger partial charge < -0.3 is 11.1 Å². The van der Waals surface area contributed by atoms with E-state index in [1.54, 1.807) is 0 Å². The molecule has 2 rings (SSSR count). The van der Waals surface area contributed by atoms with Gasteiger partial charge in [-0.05, 0) is 29.0 Å². The van der Waals surface area contributed by atoms with Crippen molar-refractivity contribution in [1.82, 2.24) is 10.6 Å². The third-order valence-corrected chi connectivity index (χ3v) is 4.05. The van der Waals surface area contributed by atoms with Gasteiger partial charge in [0.05, 0.1) is 0 Å². The minimum atomic E-state index is -0.850. The van der Waals surface area contributed by atoms with Gasteiger partial charge >= 0.3 is 6.03 Å². The molecule has 0 fully saturated rings. The second kappa shape index (κ2) is 8.99. The average Bonchev–Trinajstić information content (AvgIpc) is 2.59. The summed E-state index contributed by atoms with van der Waals surface area (Å²) >= 11 is 0. The Hall–Kier alpha value is -2.66. The van der Waals surface area contributed by atoms with Crippen molar-refractivity contribution in [3.8, 4) is 0 Å². The highest BCUT2D eigenvalue weighted by Gasteiger charge is 2.20. The zero-order valence-electron chi connectivity index (χ0n) is 14.7. The van der Waals surface area contributed by atoms with Crippen LogP contribution >= 0.6 is 0 Å². The van der Waals surface area contributed by atoms with Crippen LogP contribution in [-0.4, -0.2) is 18.5 Å².